The number of aryl methyl sites for hydroxylation is 1. The second-order valence-electron chi connectivity index (χ2n) is 12.4. The van der Waals surface area contributed by atoms with Gasteiger partial charge >= 0.3 is 6.36 Å². The molecule has 1 aliphatic rings. The summed E-state index contributed by atoms with van der Waals surface area (Å²) >= 11 is 13.4. The first-order valence-electron chi connectivity index (χ1n) is 14.8. The summed E-state index contributed by atoms with van der Waals surface area (Å²) in [5.74, 6) is -0.504. The molecule has 2 amide bonds. The number of rotatable bonds is 8. The number of nitrogens with zero attached hydrogens (tertiary/aromatic N) is 3. The van der Waals surface area contributed by atoms with E-state index >= 15 is 0 Å². The molecule has 8 nitrogen and oxygen atoms in total. The van der Waals surface area contributed by atoms with Crippen molar-refractivity contribution in [3.05, 3.63) is 81.1 Å². The van der Waals surface area contributed by atoms with E-state index < -0.39 is 29.6 Å². The first-order chi connectivity index (χ1) is 22.0. The first-order valence-corrected chi connectivity index (χ1v) is 15.6. The molecule has 1 saturated heterocycles. The van der Waals surface area contributed by atoms with Gasteiger partial charge in [0, 0.05) is 49.2 Å². The number of ether oxygens (including phenoxy) is 1. The van der Waals surface area contributed by atoms with Crippen molar-refractivity contribution in [2.24, 2.45) is 12.5 Å². The topological polar surface area (TPSA) is 88.5 Å². The molecule has 0 saturated carbocycles. The average Bonchev–Trinajstić information content (AvgIpc) is 3.55. The van der Waals surface area contributed by atoms with Crippen molar-refractivity contribution in [2.75, 3.05) is 23.3 Å². The maximum atomic E-state index is 14.3. The highest BCUT2D eigenvalue weighted by Crippen LogP contribution is 2.34. The fraction of sp³-hybridized carbons (Fsp3) is 0.364. The zero-order valence-corrected chi connectivity index (χ0v) is 27.6. The Bertz CT molecular complexity index is 1820. The molecule has 0 aliphatic carbocycles. The molecule has 0 bridgehead atoms. The Morgan fingerprint density at radius 3 is 2.38 bits per heavy atom. The third kappa shape index (κ3) is 7.93. The fourth-order valence-corrected chi connectivity index (χ4v) is 5.87. The van der Waals surface area contributed by atoms with Crippen LogP contribution in [0.25, 0.3) is 11.0 Å². The minimum absolute atomic E-state index is 0.101. The third-order valence-electron chi connectivity index (χ3n) is 7.87. The molecule has 1 aromatic heterocycles. The highest BCUT2D eigenvalue weighted by Gasteiger charge is 2.31. The second kappa shape index (κ2) is 13.2. The van der Waals surface area contributed by atoms with Crippen LogP contribution < -0.4 is 20.3 Å². The van der Waals surface area contributed by atoms with Gasteiger partial charge in [-0.1, -0.05) is 50.0 Å². The number of aromatic nitrogens is 2. The number of hydrogen-bond acceptors (Lipinski definition) is 5. The lowest BCUT2D eigenvalue weighted by Gasteiger charge is -2.21. The smallest absolute Gasteiger partial charge is 0.406 e. The number of imidazole rings is 1. The molecule has 4 aromatic rings. The molecule has 2 heterocycles. The quantitative estimate of drug-likeness (QED) is 0.184. The summed E-state index contributed by atoms with van der Waals surface area (Å²) in [5.41, 5.74) is 2.87. The van der Waals surface area contributed by atoms with Crippen molar-refractivity contribution in [2.45, 2.75) is 52.7 Å². The van der Waals surface area contributed by atoms with Gasteiger partial charge in [-0.25, -0.2) is 9.37 Å². The fourth-order valence-electron chi connectivity index (χ4n) is 5.30. The van der Waals surface area contributed by atoms with Crippen LogP contribution >= 0.6 is 23.2 Å². The van der Waals surface area contributed by atoms with Crippen LogP contribution in [0.1, 0.15) is 54.5 Å². The molecule has 1 aliphatic heterocycles. The van der Waals surface area contributed by atoms with Crippen LogP contribution in [0.2, 0.25) is 10.0 Å². The van der Waals surface area contributed by atoms with E-state index in [2.05, 4.69) is 15.4 Å². The van der Waals surface area contributed by atoms with Crippen molar-refractivity contribution >= 4 is 57.4 Å². The largest absolute Gasteiger partial charge is 0.573 e. The highest BCUT2D eigenvalue weighted by atomic mass is 35.5. The van der Waals surface area contributed by atoms with Crippen LogP contribution in [0.3, 0.4) is 0 Å². The number of fused-ring (bicyclic) bond motifs is 1. The van der Waals surface area contributed by atoms with Crippen LogP contribution in [-0.4, -0.2) is 47.0 Å². The summed E-state index contributed by atoms with van der Waals surface area (Å²) in [4.78, 5) is 32.6. The second-order valence-corrected chi connectivity index (χ2v) is 13.2. The van der Waals surface area contributed by atoms with Gasteiger partial charge in [0.05, 0.1) is 27.3 Å². The van der Waals surface area contributed by atoms with Crippen LogP contribution in [0, 0.1) is 5.41 Å². The molecular weight excluding hydrogens is 661 g/mol. The van der Waals surface area contributed by atoms with Crippen molar-refractivity contribution in [1.82, 2.24) is 14.9 Å². The summed E-state index contributed by atoms with van der Waals surface area (Å²) in [6.45, 7) is 6.16. The van der Waals surface area contributed by atoms with Gasteiger partial charge in [0.2, 0.25) is 5.91 Å². The Morgan fingerprint density at radius 1 is 1.06 bits per heavy atom. The van der Waals surface area contributed by atoms with Gasteiger partial charge in [-0.2, -0.15) is 0 Å². The molecule has 0 radical (unpaired) electrons. The monoisotopic (exact) mass is 693 g/mol. The van der Waals surface area contributed by atoms with Crippen molar-refractivity contribution in [1.29, 1.82) is 0 Å². The summed E-state index contributed by atoms with van der Waals surface area (Å²) in [5, 5.41) is 6.42. The van der Waals surface area contributed by atoms with Gasteiger partial charge in [-0.05, 0) is 60.0 Å². The van der Waals surface area contributed by atoms with Crippen molar-refractivity contribution in [3.8, 4) is 5.75 Å². The Morgan fingerprint density at radius 2 is 1.77 bits per heavy atom. The molecule has 1 atom stereocenters. The van der Waals surface area contributed by atoms with E-state index in [0.717, 1.165) is 12.1 Å². The average molecular weight is 695 g/mol. The minimum Gasteiger partial charge on any atom is -0.406 e. The lowest BCUT2D eigenvalue weighted by Crippen LogP contribution is -2.34. The number of anilines is 2. The number of carbonyl (C=O) groups excluding carboxylic acids is 2. The summed E-state index contributed by atoms with van der Waals surface area (Å²) in [6, 6.07) is 11.6. The van der Waals surface area contributed by atoms with Gasteiger partial charge < -0.3 is 24.8 Å². The number of hydrogen-bond donors (Lipinski definition) is 2. The molecule has 5 rings (SSSR count). The number of nitrogens with one attached hydrogen (secondary N) is 2. The zero-order chi connectivity index (χ0) is 34.3. The molecule has 2 N–H and O–H groups in total. The van der Waals surface area contributed by atoms with Gasteiger partial charge in [0.1, 0.15) is 17.7 Å². The molecule has 14 heteroatoms. The van der Waals surface area contributed by atoms with Crippen molar-refractivity contribution in [3.63, 3.8) is 0 Å². The summed E-state index contributed by atoms with van der Waals surface area (Å²) in [7, 11) is 1.82. The zero-order valence-electron chi connectivity index (χ0n) is 26.1. The van der Waals surface area contributed by atoms with Gasteiger partial charge in [-0.15, -0.1) is 13.2 Å². The molecule has 47 heavy (non-hydrogen) atoms. The molecule has 250 valence electrons. The molecular formula is C33H33Cl2F4N5O3. The number of alkyl halides is 4. The number of benzene rings is 3. The van der Waals surface area contributed by atoms with E-state index in [1.165, 1.54) is 12.1 Å². The molecule has 0 unspecified atom stereocenters. The van der Waals surface area contributed by atoms with Crippen LogP contribution in [0.4, 0.5) is 28.9 Å². The lowest BCUT2D eigenvalue weighted by atomic mass is 9.95. The Labute approximate surface area is 279 Å². The van der Waals surface area contributed by atoms with Crippen LogP contribution in [-0.2, 0) is 24.8 Å². The van der Waals surface area contributed by atoms with E-state index in [9.17, 15) is 27.2 Å². The highest BCUT2D eigenvalue weighted by molar-refractivity contribution is 6.36. The molecule has 1 fully saturated rings. The summed E-state index contributed by atoms with van der Waals surface area (Å²) < 4.78 is 57.8. The Hall–Kier alpha value is -4.03. The number of halogens is 6. The number of carbonyl (C=O) groups is 2. The normalized spacial score (nSPS) is 15.3. The van der Waals surface area contributed by atoms with E-state index in [-0.39, 0.29) is 36.7 Å². The van der Waals surface area contributed by atoms with Crippen LogP contribution in [0.5, 0.6) is 5.75 Å². The molecule has 3 aromatic carbocycles. The van der Waals surface area contributed by atoms with Gasteiger partial charge in [0.15, 0.2) is 0 Å². The van der Waals surface area contributed by atoms with E-state index in [4.69, 9.17) is 28.2 Å². The van der Waals surface area contributed by atoms with E-state index in [1.54, 1.807) is 29.2 Å². The lowest BCUT2D eigenvalue weighted by molar-refractivity contribution is -0.274. The van der Waals surface area contributed by atoms with Gasteiger partial charge in [-0.3, -0.25) is 9.59 Å². The standard InChI is InChI=1S/C33H33Cl2F4N5O3/c1-32(2,3)31(46)40-16-18-5-10-24(34)22(29(18)35)14-28-42-25-13-23(26(15-27(25)43(28)4)44-12-11-19(36)17-44)30(45)41-20-6-8-21(9-7-20)47-33(37,38)39/h5-10,13,15,19H,11-12,14,16-17H2,1-4H3,(H,40,46)(H,41,45)/t19-/m1/s1. The third-order valence-corrected chi connectivity index (χ3v) is 8.70. The first kappa shape index (κ1) is 34.3. The Balaban J connectivity index is 1.46. The number of amides is 2. The van der Waals surface area contributed by atoms with E-state index in [0.29, 0.717) is 56.7 Å². The summed E-state index contributed by atoms with van der Waals surface area (Å²) in [6.07, 6.45) is -5.36. The predicted octanol–water partition coefficient (Wildman–Crippen LogP) is 7.83. The van der Waals surface area contributed by atoms with E-state index in [1.807, 2.05) is 32.4 Å². The maximum Gasteiger partial charge on any atom is 0.573 e. The maximum absolute atomic E-state index is 14.3. The van der Waals surface area contributed by atoms with Crippen LogP contribution in [0.15, 0.2) is 48.5 Å². The molecule has 0 spiro atoms. The van der Waals surface area contributed by atoms with Gasteiger partial charge in [0.25, 0.3) is 5.91 Å². The predicted molar refractivity (Wildman–Crippen MR) is 174 cm³/mol. The minimum atomic E-state index is -4.84. The Kier molecular flexibility index (Phi) is 9.66. The SMILES string of the molecule is Cn1c(Cc2c(Cl)ccc(CNC(=O)C(C)(C)C)c2Cl)nc2cc(C(=O)Nc3ccc(OC(F)(F)F)cc3)c(N3CC[C@@H](F)C3)cc21. The van der Waals surface area contributed by atoms with Crippen molar-refractivity contribution < 1.29 is 31.9 Å².